The lowest BCUT2D eigenvalue weighted by Crippen LogP contribution is -2.15. The molecule has 0 aliphatic rings. The van der Waals surface area contributed by atoms with Crippen molar-refractivity contribution < 1.29 is 14.3 Å². The Hall–Kier alpha value is -1.44. The number of thiophene rings is 1. The van der Waals surface area contributed by atoms with Crippen LogP contribution >= 0.6 is 34.3 Å². The van der Waals surface area contributed by atoms with Crippen molar-refractivity contribution in [3.63, 3.8) is 0 Å². The molecule has 0 bridgehead atoms. The summed E-state index contributed by atoms with van der Waals surface area (Å²) in [6.45, 7) is 2.01. The van der Waals surface area contributed by atoms with E-state index in [1.165, 1.54) is 36.7 Å². The van der Waals surface area contributed by atoms with Crippen LogP contribution in [0.15, 0.2) is 12.1 Å². The first-order chi connectivity index (χ1) is 9.92. The SMILES string of the molecule is COC(=O)c1nc(N(C)Cc2ccc(Cl)s2)sc1C(C)=O. The van der Waals surface area contributed by atoms with Crippen LogP contribution in [0.4, 0.5) is 5.13 Å². The highest BCUT2D eigenvalue weighted by molar-refractivity contribution is 7.18. The van der Waals surface area contributed by atoms with Gasteiger partial charge < -0.3 is 9.64 Å². The van der Waals surface area contributed by atoms with E-state index >= 15 is 0 Å². The summed E-state index contributed by atoms with van der Waals surface area (Å²) in [6, 6.07) is 3.77. The van der Waals surface area contributed by atoms with Crippen molar-refractivity contribution >= 4 is 51.2 Å². The second-order valence-corrected chi connectivity index (χ2v) is 7.06. The zero-order valence-corrected chi connectivity index (χ0v) is 14.1. The molecule has 0 aliphatic carbocycles. The lowest BCUT2D eigenvalue weighted by atomic mass is 10.3. The second kappa shape index (κ2) is 6.55. The summed E-state index contributed by atoms with van der Waals surface area (Å²) in [5, 5.41) is 0.588. The van der Waals surface area contributed by atoms with Crippen LogP contribution in [0.5, 0.6) is 0 Å². The van der Waals surface area contributed by atoms with Crippen molar-refractivity contribution in [2.24, 2.45) is 0 Å². The molecular formula is C13H13ClN2O3S2. The van der Waals surface area contributed by atoms with E-state index in [2.05, 4.69) is 9.72 Å². The molecule has 0 atom stereocenters. The number of nitrogens with zero attached hydrogens (tertiary/aromatic N) is 2. The Labute approximate surface area is 135 Å². The van der Waals surface area contributed by atoms with Crippen LogP contribution in [0.3, 0.4) is 0 Å². The average molecular weight is 345 g/mol. The number of Topliss-reactive ketones (excluding diaryl/α,β-unsaturated/α-hetero) is 1. The van der Waals surface area contributed by atoms with Crippen LogP contribution < -0.4 is 4.90 Å². The second-order valence-electron chi connectivity index (χ2n) is 4.28. The molecule has 0 radical (unpaired) electrons. The van der Waals surface area contributed by atoms with Crippen molar-refractivity contribution in [1.29, 1.82) is 0 Å². The van der Waals surface area contributed by atoms with Crippen molar-refractivity contribution in [2.75, 3.05) is 19.1 Å². The van der Waals surface area contributed by atoms with Gasteiger partial charge in [0.15, 0.2) is 16.6 Å². The minimum Gasteiger partial charge on any atom is -0.464 e. The number of carbonyl (C=O) groups is 2. The van der Waals surface area contributed by atoms with Crippen LogP contribution in [0.25, 0.3) is 0 Å². The topological polar surface area (TPSA) is 59.5 Å². The zero-order valence-electron chi connectivity index (χ0n) is 11.7. The largest absolute Gasteiger partial charge is 0.464 e. The van der Waals surface area contributed by atoms with Gasteiger partial charge in [-0.05, 0) is 12.1 Å². The van der Waals surface area contributed by atoms with Gasteiger partial charge in [0.1, 0.15) is 4.88 Å². The summed E-state index contributed by atoms with van der Waals surface area (Å²) in [6.07, 6.45) is 0. The van der Waals surface area contributed by atoms with Crippen LogP contribution in [-0.4, -0.2) is 30.9 Å². The number of ketones is 1. The fraction of sp³-hybridized carbons (Fsp3) is 0.308. The molecule has 2 rings (SSSR count). The van der Waals surface area contributed by atoms with Gasteiger partial charge in [-0.2, -0.15) is 0 Å². The van der Waals surface area contributed by atoms with Gasteiger partial charge in [0.2, 0.25) is 0 Å². The molecule has 0 amide bonds. The van der Waals surface area contributed by atoms with Crippen molar-refractivity contribution in [3.05, 3.63) is 31.9 Å². The van der Waals surface area contributed by atoms with Crippen LogP contribution in [0.1, 0.15) is 32.0 Å². The number of ether oxygens (including phenoxy) is 1. The standard InChI is InChI=1S/C13H13ClN2O3S2/c1-7(17)11-10(12(18)19-3)15-13(21-11)16(2)6-8-4-5-9(14)20-8/h4-5H,6H2,1-3H3. The molecule has 0 fully saturated rings. The van der Waals surface area contributed by atoms with Crippen molar-refractivity contribution in [1.82, 2.24) is 4.98 Å². The van der Waals surface area contributed by atoms with Crippen molar-refractivity contribution in [3.8, 4) is 0 Å². The molecule has 2 heterocycles. The first-order valence-corrected chi connectivity index (χ1v) is 7.99. The lowest BCUT2D eigenvalue weighted by molar-refractivity contribution is 0.0591. The van der Waals surface area contributed by atoms with Gasteiger partial charge in [0, 0.05) is 18.8 Å². The summed E-state index contributed by atoms with van der Waals surface area (Å²) in [5.74, 6) is -0.804. The molecule has 0 saturated carbocycles. The highest BCUT2D eigenvalue weighted by Gasteiger charge is 2.23. The lowest BCUT2D eigenvalue weighted by Gasteiger charge is -2.13. The summed E-state index contributed by atoms with van der Waals surface area (Å²) in [5.41, 5.74) is 0.0704. The molecule has 0 unspecified atom stereocenters. The van der Waals surface area contributed by atoms with E-state index in [-0.39, 0.29) is 11.5 Å². The third kappa shape index (κ3) is 3.61. The van der Waals surface area contributed by atoms with Gasteiger partial charge in [-0.15, -0.1) is 11.3 Å². The predicted octanol–water partition coefficient (Wildman–Crippen LogP) is 3.48. The number of hydrogen-bond acceptors (Lipinski definition) is 7. The van der Waals surface area contributed by atoms with E-state index in [4.69, 9.17) is 11.6 Å². The maximum absolute atomic E-state index is 11.7. The third-order valence-corrected chi connectivity index (χ3v) is 5.15. The average Bonchev–Trinajstić information content (AvgIpc) is 3.04. The van der Waals surface area contributed by atoms with Crippen LogP contribution in [0, 0.1) is 0 Å². The molecule has 0 aromatic carbocycles. The molecule has 5 nitrogen and oxygen atoms in total. The Balaban J connectivity index is 2.27. The van der Waals surface area contributed by atoms with Gasteiger partial charge in [0.25, 0.3) is 0 Å². The molecule has 2 aromatic rings. The molecule has 0 N–H and O–H groups in total. The normalized spacial score (nSPS) is 10.5. The molecular weight excluding hydrogens is 332 g/mol. The number of thiazole rings is 1. The Morgan fingerprint density at radius 2 is 2.10 bits per heavy atom. The molecule has 0 spiro atoms. The monoisotopic (exact) mass is 344 g/mol. The van der Waals surface area contributed by atoms with Crippen LogP contribution in [-0.2, 0) is 11.3 Å². The number of halogens is 1. The molecule has 8 heteroatoms. The smallest absolute Gasteiger partial charge is 0.358 e. The number of rotatable bonds is 5. The quantitative estimate of drug-likeness (QED) is 0.614. The molecule has 0 aliphatic heterocycles. The molecule has 0 saturated heterocycles. The summed E-state index contributed by atoms with van der Waals surface area (Å²) < 4.78 is 5.38. The van der Waals surface area contributed by atoms with E-state index in [0.717, 1.165) is 9.21 Å². The first kappa shape index (κ1) is 15.9. The third-order valence-electron chi connectivity index (χ3n) is 2.66. The molecule has 2 aromatic heterocycles. The Morgan fingerprint density at radius 1 is 1.38 bits per heavy atom. The van der Waals surface area contributed by atoms with E-state index < -0.39 is 5.97 Å². The van der Waals surface area contributed by atoms with E-state index in [0.29, 0.717) is 16.6 Å². The van der Waals surface area contributed by atoms with E-state index in [9.17, 15) is 9.59 Å². The highest BCUT2D eigenvalue weighted by Crippen LogP contribution is 2.29. The molecule has 21 heavy (non-hydrogen) atoms. The van der Waals surface area contributed by atoms with Gasteiger partial charge in [-0.25, -0.2) is 9.78 Å². The maximum atomic E-state index is 11.7. The zero-order chi connectivity index (χ0) is 15.6. The predicted molar refractivity (Wildman–Crippen MR) is 84.9 cm³/mol. The highest BCUT2D eigenvalue weighted by atomic mass is 35.5. The van der Waals surface area contributed by atoms with Gasteiger partial charge in [-0.3, -0.25) is 4.79 Å². The minimum atomic E-state index is -0.602. The Bertz CT molecular complexity index is 681. The van der Waals surface area contributed by atoms with Crippen molar-refractivity contribution in [2.45, 2.75) is 13.5 Å². The fourth-order valence-corrected chi connectivity index (χ4v) is 3.73. The maximum Gasteiger partial charge on any atom is 0.358 e. The van der Waals surface area contributed by atoms with Gasteiger partial charge in [0.05, 0.1) is 18.0 Å². The molecule has 112 valence electrons. The Morgan fingerprint density at radius 3 is 2.62 bits per heavy atom. The minimum absolute atomic E-state index is 0.0704. The summed E-state index contributed by atoms with van der Waals surface area (Å²) in [7, 11) is 3.11. The van der Waals surface area contributed by atoms with E-state index in [1.54, 1.807) is 0 Å². The van der Waals surface area contributed by atoms with Gasteiger partial charge >= 0.3 is 5.97 Å². The van der Waals surface area contributed by atoms with Crippen LogP contribution in [0.2, 0.25) is 4.34 Å². The van der Waals surface area contributed by atoms with E-state index in [1.807, 2.05) is 24.1 Å². The summed E-state index contributed by atoms with van der Waals surface area (Å²) >= 11 is 8.56. The number of carbonyl (C=O) groups excluding carboxylic acids is 2. The Kier molecular flexibility index (Phi) is 4.97. The summed E-state index contributed by atoms with van der Waals surface area (Å²) in [4.78, 5) is 30.8. The number of methoxy groups -OCH3 is 1. The van der Waals surface area contributed by atoms with Gasteiger partial charge in [-0.1, -0.05) is 22.9 Å². The first-order valence-electron chi connectivity index (χ1n) is 5.97. The fourth-order valence-electron chi connectivity index (χ4n) is 1.68. The number of aromatic nitrogens is 1. The number of anilines is 1. The number of hydrogen-bond donors (Lipinski definition) is 0. The number of esters is 1.